The number of rotatable bonds is 12. The van der Waals surface area contributed by atoms with Crippen LogP contribution in [0, 0.1) is 12.3 Å². The Bertz CT molecular complexity index is 261. The van der Waals surface area contributed by atoms with Crippen LogP contribution in [-0.4, -0.2) is 19.0 Å². The van der Waals surface area contributed by atoms with Crippen LogP contribution in [-0.2, 0) is 9.47 Å². The SMILES string of the molecule is C#CCCCCCCCCC1(CCCCC)OCCO1. The zero-order valence-electron chi connectivity index (χ0n) is 13.3. The van der Waals surface area contributed by atoms with Gasteiger partial charge >= 0.3 is 0 Å². The molecule has 20 heavy (non-hydrogen) atoms. The molecule has 0 atom stereocenters. The quantitative estimate of drug-likeness (QED) is 0.367. The fourth-order valence-corrected chi connectivity index (χ4v) is 2.88. The van der Waals surface area contributed by atoms with Gasteiger partial charge in [0, 0.05) is 19.3 Å². The summed E-state index contributed by atoms with van der Waals surface area (Å²) in [6, 6.07) is 0. The van der Waals surface area contributed by atoms with E-state index < -0.39 is 0 Å². The molecule has 0 N–H and O–H groups in total. The number of hydrogen-bond acceptors (Lipinski definition) is 2. The minimum absolute atomic E-state index is 0.237. The molecule has 0 saturated carbocycles. The Hall–Kier alpha value is -0.520. The van der Waals surface area contributed by atoms with Crippen LogP contribution in [0.3, 0.4) is 0 Å². The summed E-state index contributed by atoms with van der Waals surface area (Å²) in [5.41, 5.74) is 0. The second-order valence-corrected chi connectivity index (χ2v) is 5.89. The molecule has 1 fully saturated rings. The van der Waals surface area contributed by atoms with Crippen LogP contribution in [0.1, 0.15) is 84.0 Å². The molecule has 2 nitrogen and oxygen atoms in total. The molecule has 0 spiro atoms. The van der Waals surface area contributed by atoms with E-state index in [-0.39, 0.29) is 5.79 Å². The van der Waals surface area contributed by atoms with Gasteiger partial charge in [-0.25, -0.2) is 0 Å². The molecule has 0 bridgehead atoms. The lowest BCUT2D eigenvalue weighted by Gasteiger charge is -2.27. The first-order valence-electron chi connectivity index (χ1n) is 8.54. The summed E-state index contributed by atoms with van der Waals surface area (Å²) >= 11 is 0. The predicted octanol–water partition coefficient (Wildman–Crippen LogP) is 5.06. The molecule has 1 aliphatic rings. The van der Waals surface area contributed by atoms with Crippen molar-refractivity contribution in [1.29, 1.82) is 0 Å². The zero-order valence-corrected chi connectivity index (χ0v) is 13.3. The number of ether oxygens (including phenoxy) is 2. The van der Waals surface area contributed by atoms with Crippen molar-refractivity contribution in [1.82, 2.24) is 0 Å². The van der Waals surface area contributed by atoms with Gasteiger partial charge in [-0.15, -0.1) is 12.3 Å². The van der Waals surface area contributed by atoms with Crippen LogP contribution >= 0.6 is 0 Å². The van der Waals surface area contributed by atoms with Crippen molar-refractivity contribution in [2.75, 3.05) is 13.2 Å². The Kier molecular flexibility index (Phi) is 9.79. The maximum Gasteiger partial charge on any atom is 0.168 e. The molecule has 0 aromatic heterocycles. The number of terminal acetylenes is 1. The van der Waals surface area contributed by atoms with Crippen LogP contribution in [0.5, 0.6) is 0 Å². The molecule has 0 radical (unpaired) electrons. The average Bonchev–Trinajstić information content (AvgIpc) is 2.91. The van der Waals surface area contributed by atoms with Gasteiger partial charge in [-0.05, 0) is 19.3 Å². The van der Waals surface area contributed by atoms with Crippen LogP contribution < -0.4 is 0 Å². The Morgan fingerprint density at radius 3 is 2.00 bits per heavy atom. The molecule has 1 saturated heterocycles. The van der Waals surface area contributed by atoms with Crippen molar-refractivity contribution < 1.29 is 9.47 Å². The number of hydrogen-bond donors (Lipinski definition) is 0. The van der Waals surface area contributed by atoms with E-state index in [0.29, 0.717) is 0 Å². The lowest BCUT2D eigenvalue weighted by molar-refractivity contribution is -0.168. The van der Waals surface area contributed by atoms with E-state index in [1.165, 1.54) is 57.8 Å². The minimum atomic E-state index is -0.237. The summed E-state index contributed by atoms with van der Waals surface area (Å²) in [4.78, 5) is 0. The maximum atomic E-state index is 5.90. The Balaban J connectivity index is 2.06. The summed E-state index contributed by atoms with van der Waals surface area (Å²) < 4.78 is 11.8. The second-order valence-electron chi connectivity index (χ2n) is 5.89. The zero-order chi connectivity index (χ0) is 14.5. The fraction of sp³-hybridized carbons (Fsp3) is 0.889. The molecular formula is C18H32O2. The predicted molar refractivity (Wildman–Crippen MR) is 84.5 cm³/mol. The van der Waals surface area contributed by atoms with Gasteiger partial charge in [0.25, 0.3) is 0 Å². The van der Waals surface area contributed by atoms with Gasteiger partial charge in [0.15, 0.2) is 5.79 Å². The van der Waals surface area contributed by atoms with Crippen LogP contribution in [0.4, 0.5) is 0 Å². The van der Waals surface area contributed by atoms with E-state index in [9.17, 15) is 0 Å². The Morgan fingerprint density at radius 1 is 0.850 bits per heavy atom. The normalized spacial score (nSPS) is 17.2. The first kappa shape index (κ1) is 17.5. The molecule has 1 aliphatic heterocycles. The fourth-order valence-electron chi connectivity index (χ4n) is 2.88. The highest BCUT2D eigenvalue weighted by Crippen LogP contribution is 2.31. The minimum Gasteiger partial charge on any atom is -0.348 e. The third-order valence-corrected chi connectivity index (χ3v) is 4.10. The van der Waals surface area contributed by atoms with Crippen molar-refractivity contribution in [2.45, 2.75) is 89.8 Å². The van der Waals surface area contributed by atoms with Crippen LogP contribution in [0.15, 0.2) is 0 Å². The van der Waals surface area contributed by atoms with Gasteiger partial charge in [0.2, 0.25) is 0 Å². The Morgan fingerprint density at radius 2 is 1.40 bits per heavy atom. The van der Waals surface area contributed by atoms with E-state index >= 15 is 0 Å². The first-order chi connectivity index (χ1) is 9.83. The molecule has 0 unspecified atom stereocenters. The highest BCUT2D eigenvalue weighted by Gasteiger charge is 2.34. The van der Waals surface area contributed by atoms with Crippen molar-refractivity contribution in [3.05, 3.63) is 0 Å². The second kappa shape index (κ2) is 11.2. The van der Waals surface area contributed by atoms with E-state index in [2.05, 4.69) is 12.8 Å². The summed E-state index contributed by atoms with van der Waals surface area (Å²) in [7, 11) is 0. The first-order valence-corrected chi connectivity index (χ1v) is 8.54. The summed E-state index contributed by atoms with van der Waals surface area (Å²) in [5.74, 6) is 2.47. The van der Waals surface area contributed by atoms with E-state index in [4.69, 9.17) is 15.9 Å². The molecule has 0 amide bonds. The van der Waals surface area contributed by atoms with Crippen molar-refractivity contribution in [3.8, 4) is 12.3 Å². The molecule has 1 heterocycles. The molecule has 0 aromatic carbocycles. The molecule has 0 aliphatic carbocycles. The van der Waals surface area contributed by atoms with Gasteiger partial charge in [-0.3, -0.25) is 0 Å². The monoisotopic (exact) mass is 280 g/mol. The van der Waals surface area contributed by atoms with Gasteiger partial charge in [0.1, 0.15) is 0 Å². The largest absolute Gasteiger partial charge is 0.348 e. The topological polar surface area (TPSA) is 18.5 Å². The van der Waals surface area contributed by atoms with Gasteiger partial charge < -0.3 is 9.47 Å². The molecule has 2 heteroatoms. The van der Waals surface area contributed by atoms with Crippen molar-refractivity contribution in [3.63, 3.8) is 0 Å². The summed E-state index contributed by atoms with van der Waals surface area (Å²) in [5, 5.41) is 0. The van der Waals surface area contributed by atoms with Gasteiger partial charge in [-0.2, -0.15) is 0 Å². The maximum absolute atomic E-state index is 5.90. The summed E-state index contributed by atoms with van der Waals surface area (Å²) in [6.45, 7) is 3.79. The third-order valence-electron chi connectivity index (χ3n) is 4.10. The standard InChI is InChI=1S/C18H32O2/c1-3-5-7-8-9-10-11-13-15-18(14-12-6-4-2)19-16-17-20-18/h1H,4-17H2,2H3. The van der Waals surface area contributed by atoms with Crippen LogP contribution in [0.2, 0.25) is 0 Å². The summed E-state index contributed by atoms with van der Waals surface area (Å²) in [6.07, 6.45) is 19.7. The van der Waals surface area contributed by atoms with E-state index in [0.717, 1.165) is 32.5 Å². The van der Waals surface area contributed by atoms with E-state index in [1.807, 2.05) is 0 Å². The van der Waals surface area contributed by atoms with Crippen LogP contribution in [0.25, 0.3) is 0 Å². The lowest BCUT2D eigenvalue weighted by atomic mass is 9.99. The molecule has 116 valence electrons. The molecule has 0 aromatic rings. The van der Waals surface area contributed by atoms with Gasteiger partial charge in [0.05, 0.1) is 13.2 Å². The molecule has 1 rings (SSSR count). The average molecular weight is 280 g/mol. The third kappa shape index (κ3) is 7.31. The highest BCUT2D eigenvalue weighted by atomic mass is 16.7. The molecular weight excluding hydrogens is 248 g/mol. The van der Waals surface area contributed by atoms with Crippen molar-refractivity contribution >= 4 is 0 Å². The lowest BCUT2D eigenvalue weighted by Crippen LogP contribution is -2.30. The Labute approximate surface area is 125 Å². The van der Waals surface area contributed by atoms with Crippen molar-refractivity contribution in [2.24, 2.45) is 0 Å². The van der Waals surface area contributed by atoms with Gasteiger partial charge in [-0.1, -0.05) is 45.4 Å². The highest BCUT2D eigenvalue weighted by molar-refractivity contribution is 4.82. The van der Waals surface area contributed by atoms with E-state index in [1.54, 1.807) is 0 Å². The number of unbranched alkanes of at least 4 members (excludes halogenated alkanes) is 8. The smallest absolute Gasteiger partial charge is 0.168 e.